The number of rotatable bonds is 4. The van der Waals surface area contributed by atoms with Crippen LogP contribution in [0, 0.1) is 60.2 Å². The van der Waals surface area contributed by atoms with Gasteiger partial charge in [-0.1, -0.05) is 109 Å². The Morgan fingerprint density at radius 1 is 0.698 bits per heavy atom. The van der Waals surface area contributed by atoms with Crippen molar-refractivity contribution >= 4 is 0 Å². The third-order valence-corrected chi connectivity index (χ3v) is 16.0. The van der Waals surface area contributed by atoms with E-state index in [0.29, 0.717) is 17.3 Å². The molecule has 3 heteroatoms. The second-order valence-electron chi connectivity index (χ2n) is 21.5. The van der Waals surface area contributed by atoms with Gasteiger partial charge in [0.15, 0.2) is 0 Å². The summed E-state index contributed by atoms with van der Waals surface area (Å²) in [6.45, 7) is 24.5. The minimum atomic E-state index is 0. The molecule has 284 valence electrons. The van der Waals surface area contributed by atoms with Crippen molar-refractivity contribution in [1.29, 1.82) is 0 Å². The zero-order valence-electron chi connectivity index (χ0n) is 34.6. The van der Waals surface area contributed by atoms with Crippen LogP contribution >= 0.6 is 0 Å². The third-order valence-electron chi connectivity index (χ3n) is 16.0. The van der Waals surface area contributed by atoms with Crippen molar-refractivity contribution in [3.05, 3.63) is 92.6 Å². The van der Waals surface area contributed by atoms with E-state index >= 15 is 0 Å². The van der Waals surface area contributed by atoms with E-state index in [9.17, 15) is 0 Å². The molecule has 0 heterocycles. The quantitative estimate of drug-likeness (QED) is 0.276. The van der Waals surface area contributed by atoms with Gasteiger partial charge in [-0.3, -0.25) is 0 Å². The van der Waals surface area contributed by atoms with Crippen LogP contribution in [0.4, 0.5) is 0 Å². The van der Waals surface area contributed by atoms with Crippen molar-refractivity contribution in [3.8, 4) is 11.1 Å². The first kappa shape index (κ1) is 41.7. The monoisotopic (exact) mass is 826 g/mol. The molecule has 0 radical (unpaired) electrons. The van der Waals surface area contributed by atoms with Gasteiger partial charge >= 0.3 is 26.2 Å². The zero-order chi connectivity index (χ0) is 35.1. The minimum absolute atomic E-state index is 0. The second kappa shape index (κ2) is 14.2. The fourth-order valence-electron chi connectivity index (χ4n) is 14.4. The van der Waals surface area contributed by atoms with E-state index in [-0.39, 0.29) is 67.3 Å². The molecule has 0 spiro atoms. The molecular formula is C50H66Cl2Zr. The van der Waals surface area contributed by atoms with Crippen LogP contribution in [0.1, 0.15) is 165 Å². The largest absolute Gasteiger partial charge is 2.00 e. The molecule has 8 aliphatic rings. The number of hydrogen-bond acceptors (Lipinski definition) is 0. The predicted molar refractivity (Wildman–Crippen MR) is 213 cm³/mol. The molecular weight excluding hydrogens is 763 g/mol. The molecule has 2 aromatic carbocycles. The van der Waals surface area contributed by atoms with Crippen LogP contribution in [0.3, 0.4) is 0 Å². The van der Waals surface area contributed by atoms with Gasteiger partial charge in [-0.15, -0.1) is 0 Å². The average molecular weight is 829 g/mol. The van der Waals surface area contributed by atoms with E-state index in [1.165, 1.54) is 92.9 Å². The first-order valence-corrected chi connectivity index (χ1v) is 21.0. The van der Waals surface area contributed by atoms with Crippen LogP contribution in [-0.4, -0.2) is 0 Å². The van der Waals surface area contributed by atoms with Crippen LogP contribution < -0.4 is 24.8 Å². The topological polar surface area (TPSA) is 0 Å². The molecule has 0 saturated heterocycles. The van der Waals surface area contributed by atoms with E-state index in [1.807, 2.05) is 16.7 Å². The van der Waals surface area contributed by atoms with Crippen molar-refractivity contribution in [2.24, 2.45) is 46.3 Å². The van der Waals surface area contributed by atoms with Gasteiger partial charge in [-0.25, -0.2) is 0 Å². The van der Waals surface area contributed by atoms with Gasteiger partial charge in [0.2, 0.25) is 0 Å². The number of benzene rings is 2. The van der Waals surface area contributed by atoms with Crippen LogP contribution in [0.5, 0.6) is 0 Å². The van der Waals surface area contributed by atoms with Crippen LogP contribution in [0.15, 0.2) is 59.2 Å². The summed E-state index contributed by atoms with van der Waals surface area (Å²) >= 11 is 0. The number of aryl methyl sites for hydroxylation is 2. The first-order chi connectivity index (χ1) is 23.6. The summed E-state index contributed by atoms with van der Waals surface area (Å²) in [6, 6.07) is 10.7. The molecule has 0 amide bonds. The van der Waals surface area contributed by atoms with Crippen molar-refractivity contribution in [2.45, 2.75) is 157 Å². The van der Waals surface area contributed by atoms with Gasteiger partial charge in [-0.2, -0.15) is 0 Å². The Morgan fingerprint density at radius 3 is 1.64 bits per heavy atom. The Balaban J connectivity index is 0.00000160. The van der Waals surface area contributed by atoms with Crippen LogP contribution in [0.25, 0.3) is 11.1 Å². The first-order valence-electron chi connectivity index (χ1n) is 21.0. The van der Waals surface area contributed by atoms with E-state index in [1.54, 1.807) is 22.3 Å². The zero-order valence-corrected chi connectivity index (χ0v) is 38.6. The average Bonchev–Trinajstić information content (AvgIpc) is 3.69. The van der Waals surface area contributed by atoms with E-state index < -0.39 is 0 Å². The molecule has 4 fully saturated rings. The Hall–Kier alpha value is -0.877. The molecule has 10 rings (SSSR count). The number of fused-ring (bicyclic) bond motifs is 3. The number of halogens is 2. The smallest absolute Gasteiger partial charge is 1.00 e. The minimum Gasteiger partial charge on any atom is -1.00 e. The third kappa shape index (κ3) is 6.37. The summed E-state index contributed by atoms with van der Waals surface area (Å²) in [4.78, 5) is 0. The van der Waals surface area contributed by atoms with Crippen LogP contribution in [0.2, 0.25) is 0 Å². The Labute approximate surface area is 355 Å². The Morgan fingerprint density at radius 2 is 1.21 bits per heavy atom. The maximum atomic E-state index is 2.95. The molecule has 0 aromatic heterocycles. The summed E-state index contributed by atoms with van der Waals surface area (Å²) in [5, 5.41) is 0. The maximum absolute atomic E-state index is 2.95. The van der Waals surface area contributed by atoms with Gasteiger partial charge in [0, 0.05) is 11.3 Å². The molecule has 8 aliphatic carbocycles. The number of allylic oxidation sites excluding steroid dienone is 6. The van der Waals surface area contributed by atoms with Gasteiger partial charge in [0.05, 0.1) is 0 Å². The predicted octanol–water partition coefficient (Wildman–Crippen LogP) is 7.88. The molecule has 53 heavy (non-hydrogen) atoms. The Kier molecular flexibility index (Phi) is 11.2. The molecule has 0 aliphatic heterocycles. The second-order valence-corrected chi connectivity index (χ2v) is 21.5. The molecule has 3 unspecified atom stereocenters. The Bertz CT molecular complexity index is 1750. The van der Waals surface area contributed by atoms with Crippen molar-refractivity contribution < 1.29 is 51.0 Å². The fraction of sp³-hybridized carbons (Fsp3) is 0.640. The molecule has 0 nitrogen and oxygen atoms in total. The maximum Gasteiger partial charge on any atom is 2.00 e. The van der Waals surface area contributed by atoms with Gasteiger partial charge in [0.25, 0.3) is 0 Å². The van der Waals surface area contributed by atoms with E-state index in [0.717, 1.165) is 29.6 Å². The fourth-order valence-corrected chi connectivity index (χ4v) is 14.4. The number of hydrogen-bond donors (Lipinski definition) is 0. The van der Waals surface area contributed by atoms with Gasteiger partial charge < -0.3 is 24.8 Å². The molecule has 4 bridgehead atoms. The summed E-state index contributed by atoms with van der Waals surface area (Å²) in [5.74, 6) is 5.50. The standard InChI is InChI=1S/C50H66.2ClH.Zr/c1-29(2)50(46-40-16-30(3)43(47(5,6)7)23-37(40)38-24-44(48(8,9)10)31(4)17-41(38)46)28-42(35-14-12-11-13-15-35)39-21-36(22-45(39)50)49-25-32-18-33(26-49)20-34(19-32)27-49;;;/h11-12,16-17,22-24,29,32-35,42,46H,13-15,18-21,25-28H2,1-10H3;2*1H;/q;;;+2/p-2. The van der Waals surface area contributed by atoms with E-state index in [4.69, 9.17) is 0 Å². The molecule has 4 saturated carbocycles. The van der Waals surface area contributed by atoms with Crippen LogP contribution in [-0.2, 0) is 37.0 Å². The summed E-state index contributed by atoms with van der Waals surface area (Å²) in [7, 11) is 0. The van der Waals surface area contributed by atoms with E-state index in [2.05, 4.69) is 112 Å². The molecule has 3 atom stereocenters. The van der Waals surface area contributed by atoms with Gasteiger partial charge in [0.1, 0.15) is 0 Å². The van der Waals surface area contributed by atoms with Crippen molar-refractivity contribution in [3.63, 3.8) is 0 Å². The van der Waals surface area contributed by atoms with Crippen molar-refractivity contribution in [2.75, 3.05) is 0 Å². The summed E-state index contributed by atoms with van der Waals surface area (Å²) in [6.07, 6.45) is 23.6. The molecule has 2 aromatic rings. The SMILES string of the molecule is Cc1cc2c(cc1C(C)(C)C)-c1cc(C(C)(C)C)c(C)cc1C2C1(C(C)C)CC(C2CC=CCC2)C2=C1C=C(C13CC4CC(CC(C4)C1)C3)C2.[Cl-].[Cl-].[Zr+2]. The summed E-state index contributed by atoms with van der Waals surface area (Å²) < 4.78 is 0. The van der Waals surface area contributed by atoms with Gasteiger partial charge in [-0.05, 0) is 186 Å². The van der Waals surface area contributed by atoms with Crippen molar-refractivity contribution in [1.82, 2.24) is 0 Å². The molecule has 0 N–H and O–H groups in total. The normalized spacial score (nSPS) is 32.6. The summed E-state index contributed by atoms with van der Waals surface area (Å²) in [5.41, 5.74) is 18.9.